The number of guanidine groups is 1. The van der Waals surface area contributed by atoms with E-state index in [1.165, 1.54) is 0 Å². The predicted molar refractivity (Wildman–Crippen MR) is 112 cm³/mol. The largest absolute Gasteiger partial charge is 0.497 e. The molecular weight excluding hydrogens is 447 g/mol. The van der Waals surface area contributed by atoms with Gasteiger partial charge in [0.15, 0.2) is 5.96 Å². The number of benzene rings is 1. The van der Waals surface area contributed by atoms with Crippen LogP contribution >= 0.6 is 24.0 Å². The van der Waals surface area contributed by atoms with Gasteiger partial charge in [0.1, 0.15) is 18.1 Å². The van der Waals surface area contributed by atoms with Crippen LogP contribution in [-0.2, 0) is 6.54 Å². The highest BCUT2D eigenvalue weighted by Gasteiger charge is 2.05. The minimum absolute atomic E-state index is 0. The van der Waals surface area contributed by atoms with Gasteiger partial charge in [-0.05, 0) is 43.3 Å². The zero-order valence-electron chi connectivity index (χ0n) is 15.0. The van der Waals surface area contributed by atoms with Crippen molar-refractivity contribution in [3.05, 3.63) is 54.0 Å². The molecule has 0 spiro atoms. The summed E-state index contributed by atoms with van der Waals surface area (Å²) in [5.41, 5.74) is 0.596. The van der Waals surface area contributed by atoms with Crippen molar-refractivity contribution in [2.75, 3.05) is 26.7 Å². The number of nitrogens with one attached hydrogen (secondary N) is 3. The maximum atomic E-state index is 12.1. The second kappa shape index (κ2) is 12.2. The molecule has 142 valence electrons. The zero-order chi connectivity index (χ0) is 17.9. The minimum Gasteiger partial charge on any atom is -0.497 e. The van der Waals surface area contributed by atoms with Crippen molar-refractivity contribution < 1.29 is 13.9 Å². The van der Waals surface area contributed by atoms with Crippen LogP contribution in [0.1, 0.15) is 23.0 Å². The number of nitrogens with zero attached hydrogens (tertiary/aromatic N) is 1. The van der Waals surface area contributed by atoms with Crippen molar-refractivity contribution in [1.29, 1.82) is 0 Å². The maximum Gasteiger partial charge on any atom is 0.251 e. The Hall–Kier alpha value is -2.23. The lowest BCUT2D eigenvalue weighted by Gasteiger charge is -2.11. The van der Waals surface area contributed by atoms with Crippen LogP contribution < -0.4 is 20.7 Å². The number of furan rings is 1. The smallest absolute Gasteiger partial charge is 0.251 e. The number of rotatable bonds is 8. The Morgan fingerprint density at radius 2 is 1.85 bits per heavy atom. The molecule has 1 aromatic carbocycles. The number of carbonyl (C=O) groups excluding carboxylic acids is 1. The summed E-state index contributed by atoms with van der Waals surface area (Å²) in [6, 6.07) is 10.7. The fraction of sp³-hybridized carbons (Fsp3) is 0.333. The van der Waals surface area contributed by atoms with Gasteiger partial charge in [0.25, 0.3) is 5.91 Å². The number of carbonyl (C=O) groups is 1. The van der Waals surface area contributed by atoms with Crippen LogP contribution in [-0.4, -0.2) is 38.6 Å². The summed E-state index contributed by atoms with van der Waals surface area (Å²) in [5.74, 6) is 2.07. The average Bonchev–Trinajstić information content (AvgIpc) is 3.16. The first-order valence-corrected chi connectivity index (χ1v) is 8.19. The van der Waals surface area contributed by atoms with Crippen molar-refractivity contribution in [1.82, 2.24) is 16.0 Å². The second-order valence-electron chi connectivity index (χ2n) is 5.19. The fourth-order valence-corrected chi connectivity index (χ4v) is 2.10. The number of halogens is 1. The number of amides is 1. The van der Waals surface area contributed by atoms with Crippen LogP contribution in [0.5, 0.6) is 5.75 Å². The maximum absolute atomic E-state index is 12.1. The normalized spacial score (nSPS) is 10.6. The highest BCUT2D eigenvalue weighted by molar-refractivity contribution is 14.0. The first-order valence-electron chi connectivity index (χ1n) is 8.19. The van der Waals surface area contributed by atoms with Gasteiger partial charge in [0, 0.05) is 25.2 Å². The highest BCUT2D eigenvalue weighted by atomic mass is 127. The fourth-order valence-electron chi connectivity index (χ4n) is 2.10. The summed E-state index contributed by atoms with van der Waals surface area (Å²) in [5, 5.41) is 9.18. The van der Waals surface area contributed by atoms with Crippen LogP contribution in [0.4, 0.5) is 0 Å². The SMILES string of the molecule is CCNC(=NCc1ccco1)NCCNC(=O)c1ccc(OC)cc1.I. The van der Waals surface area contributed by atoms with Crippen LogP contribution in [0.15, 0.2) is 52.1 Å². The molecule has 2 rings (SSSR count). The summed E-state index contributed by atoms with van der Waals surface area (Å²) in [4.78, 5) is 16.5. The van der Waals surface area contributed by atoms with Gasteiger partial charge in [-0.1, -0.05) is 0 Å². The first kappa shape index (κ1) is 21.8. The van der Waals surface area contributed by atoms with E-state index in [1.807, 2.05) is 19.1 Å². The third kappa shape index (κ3) is 7.34. The molecule has 0 aliphatic heterocycles. The minimum atomic E-state index is -0.123. The summed E-state index contributed by atoms with van der Waals surface area (Å²) in [7, 11) is 1.59. The van der Waals surface area contributed by atoms with E-state index in [2.05, 4.69) is 20.9 Å². The van der Waals surface area contributed by atoms with Gasteiger partial charge in [-0.2, -0.15) is 0 Å². The number of hydrogen-bond donors (Lipinski definition) is 3. The number of hydrogen-bond acceptors (Lipinski definition) is 4. The van der Waals surface area contributed by atoms with E-state index < -0.39 is 0 Å². The van der Waals surface area contributed by atoms with Gasteiger partial charge < -0.3 is 25.1 Å². The molecule has 0 fully saturated rings. The zero-order valence-corrected chi connectivity index (χ0v) is 17.3. The van der Waals surface area contributed by atoms with E-state index in [1.54, 1.807) is 37.6 Å². The summed E-state index contributed by atoms with van der Waals surface area (Å²) in [6.45, 7) is 4.25. The number of aliphatic imine (C=N–C) groups is 1. The lowest BCUT2D eigenvalue weighted by atomic mass is 10.2. The molecule has 0 aliphatic rings. The van der Waals surface area contributed by atoms with Gasteiger partial charge in [0.05, 0.1) is 13.4 Å². The lowest BCUT2D eigenvalue weighted by Crippen LogP contribution is -2.41. The molecule has 0 atom stereocenters. The summed E-state index contributed by atoms with van der Waals surface area (Å²) >= 11 is 0. The van der Waals surface area contributed by atoms with E-state index in [4.69, 9.17) is 9.15 Å². The first-order chi connectivity index (χ1) is 12.2. The van der Waals surface area contributed by atoms with E-state index in [0.717, 1.165) is 18.1 Å². The Morgan fingerprint density at radius 1 is 1.12 bits per heavy atom. The third-order valence-electron chi connectivity index (χ3n) is 3.37. The number of ether oxygens (including phenoxy) is 1. The molecule has 1 aromatic heterocycles. The molecule has 1 heterocycles. The van der Waals surface area contributed by atoms with Gasteiger partial charge in [0.2, 0.25) is 0 Å². The molecule has 0 unspecified atom stereocenters. The van der Waals surface area contributed by atoms with E-state index >= 15 is 0 Å². The highest BCUT2D eigenvalue weighted by Crippen LogP contribution is 2.10. The predicted octanol–water partition coefficient (Wildman–Crippen LogP) is 2.39. The Bertz CT molecular complexity index is 672. The van der Waals surface area contributed by atoms with Crippen molar-refractivity contribution in [2.24, 2.45) is 4.99 Å². The van der Waals surface area contributed by atoms with Gasteiger partial charge in [-0.3, -0.25) is 4.79 Å². The van der Waals surface area contributed by atoms with Gasteiger partial charge in [-0.25, -0.2) is 4.99 Å². The Balaban J connectivity index is 0.00000338. The molecule has 7 nitrogen and oxygen atoms in total. The summed E-state index contributed by atoms with van der Waals surface area (Å²) < 4.78 is 10.3. The van der Waals surface area contributed by atoms with Gasteiger partial charge >= 0.3 is 0 Å². The molecule has 8 heteroatoms. The van der Waals surface area contributed by atoms with Crippen molar-refractivity contribution >= 4 is 35.8 Å². The molecular formula is C18H25IN4O3. The Labute approximate surface area is 170 Å². The molecule has 2 aromatic rings. The van der Waals surface area contributed by atoms with Gasteiger partial charge in [-0.15, -0.1) is 24.0 Å². The van der Waals surface area contributed by atoms with E-state index in [9.17, 15) is 4.79 Å². The number of methoxy groups -OCH3 is 1. The quantitative estimate of drug-likeness (QED) is 0.238. The topological polar surface area (TPSA) is 87.9 Å². The van der Waals surface area contributed by atoms with Crippen molar-refractivity contribution in [3.8, 4) is 5.75 Å². The molecule has 0 radical (unpaired) electrons. The standard InChI is InChI=1S/C18H24N4O3.HI/c1-3-19-18(22-13-16-5-4-12-25-16)21-11-10-20-17(23)14-6-8-15(24-2)9-7-14;/h4-9,12H,3,10-11,13H2,1-2H3,(H,20,23)(H2,19,21,22);1H. The average molecular weight is 472 g/mol. The molecule has 0 saturated carbocycles. The monoisotopic (exact) mass is 472 g/mol. The van der Waals surface area contributed by atoms with Crippen LogP contribution in [0.3, 0.4) is 0 Å². The Morgan fingerprint density at radius 3 is 2.46 bits per heavy atom. The second-order valence-corrected chi connectivity index (χ2v) is 5.19. The molecule has 3 N–H and O–H groups in total. The third-order valence-corrected chi connectivity index (χ3v) is 3.37. The Kier molecular flexibility index (Phi) is 10.2. The molecule has 0 saturated heterocycles. The van der Waals surface area contributed by atoms with Crippen molar-refractivity contribution in [2.45, 2.75) is 13.5 Å². The summed E-state index contributed by atoms with van der Waals surface area (Å²) in [6.07, 6.45) is 1.62. The molecule has 1 amide bonds. The molecule has 0 aliphatic carbocycles. The molecule has 26 heavy (non-hydrogen) atoms. The lowest BCUT2D eigenvalue weighted by molar-refractivity contribution is 0.0954. The van der Waals surface area contributed by atoms with E-state index in [0.29, 0.717) is 31.2 Å². The van der Waals surface area contributed by atoms with Crippen LogP contribution in [0.25, 0.3) is 0 Å². The van der Waals surface area contributed by atoms with E-state index in [-0.39, 0.29) is 29.9 Å². The van der Waals surface area contributed by atoms with Crippen molar-refractivity contribution in [3.63, 3.8) is 0 Å². The molecule has 0 bridgehead atoms. The van der Waals surface area contributed by atoms with Crippen LogP contribution in [0, 0.1) is 0 Å². The van der Waals surface area contributed by atoms with Crippen LogP contribution in [0.2, 0.25) is 0 Å².